The highest BCUT2D eigenvalue weighted by molar-refractivity contribution is 5.71. The second kappa shape index (κ2) is 55.0. The number of rotatable bonds is 52. The number of hydrogen-bond donors (Lipinski definition) is 0. The molecule has 0 radical (unpaired) electrons. The van der Waals surface area contributed by atoms with Crippen LogP contribution in [-0.2, 0) is 28.6 Å². The quantitative estimate of drug-likeness (QED) is 0.0262. The van der Waals surface area contributed by atoms with Gasteiger partial charge in [0.25, 0.3) is 0 Å². The summed E-state index contributed by atoms with van der Waals surface area (Å²) in [6, 6.07) is 0. The van der Waals surface area contributed by atoms with Crippen molar-refractivity contribution in [3.63, 3.8) is 0 Å². The molecular formula is C60H108O6. The maximum atomic E-state index is 12.8. The molecule has 0 rings (SSSR count). The molecule has 1 unspecified atom stereocenters. The Morgan fingerprint density at radius 2 is 0.591 bits per heavy atom. The van der Waals surface area contributed by atoms with Crippen LogP contribution in [0.5, 0.6) is 0 Å². The zero-order chi connectivity index (χ0) is 47.9. The van der Waals surface area contributed by atoms with Crippen molar-refractivity contribution in [2.75, 3.05) is 13.2 Å². The fourth-order valence-electron chi connectivity index (χ4n) is 8.32. The van der Waals surface area contributed by atoms with Gasteiger partial charge in [-0.15, -0.1) is 0 Å². The Kier molecular flexibility index (Phi) is 52.8. The number of carbonyl (C=O) groups excluding carboxylic acids is 3. The van der Waals surface area contributed by atoms with Crippen molar-refractivity contribution in [1.82, 2.24) is 0 Å². The Balaban J connectivity index is 4.25. The highest BCUT2D eigenvalue weighted by atomic mass is 16.6. The average molecular weight is 926 g/mol. The molecule has 0 heterocycles. The van der Waals surface area contributed by atoms with Crippen LogP contribution >= 0.6 is 0 Å². The minimum Gasteiger partial charge on any atom is -0.462 e. The van der Waals surface area contributed by atoms with Crippen LogP contribution in [0.1, 0.15) is 297 Å². The van der Waals surface area contributed by atoms with Gasteiger partial charge >= 0.3 is 17.9 Å². The molecule has 6 heteroatoms. The molecular weight excluding hydrogens is 817 g/mol. The average Bonchev–Trinajstić information content (AvgIpc) is 3.31. The Hall–Kier alpha value is -2.63. The Labute approximate surface area is 409 Å². The molecule has 0 aliphatic rings. The van der Waals surface area contributed by atoms with E-state index in [1.165, 1.54) is 173 Å². The summed E-state index contributed by atoms with van der Waals surface area (Å²) in [5, 5.41) is 0. The van der Waals surface area contributed by atoms with E-state index in [-0.39, 0.29) is 37.5 Å². The van der Waals surface area contributed by atoms with Crippen molar-refractivity contribution in [3.8, 4) is 0 Å². The molecule has 0 N–H and O–H groups in total. The SMILES string of the molecule is CC/C=C\C/C=C\C/C=C\C/C=C\CCCCC(=O)OC(COC(=O)CCCCCCCCCCCC)COC(=O)CCCCCCCCCCCCCCCCCCCCCCCCC. The summed E-state index contributed by atoms with van der Waals surface area (Å²) in [7, 11) is 0. The van der Waals surface area contributed by atoms with Gasteiger partial charge in [0.05, 0.1) is 0 Å². The van der Waals surface area contributed by atoms with Gasteiger partial charge in [-0.1, -0.05) is 268 Å². The molecule has 66 heavy (non-hydrogen) atoms. The molecule has 0 saturated heterocycles. The van der Waals surface area contributed by atoms with Crippen LogP contribution in [-0.4, -0.2) is 37.2 Å². The molecule has 0 amide bonds. The van der Waals surface area contributed by atoms with Gasteiger partial charge < -0.3 is 14.2 Å². The molecule has 0 saturated carbocycles. The fourth-order valence-corrected chi connectivity index (χ4v) is 8.32. The zero-order valence-electron chi connectivity index (χ0n) is 44.0. The van der Waals surface area contributed by atoms with Crippen LogP contribution in [0.15, 0.2) is 48.6 Å². The molecule has 384 valence electrons. The molecule has 0 aliphatic heterocycles. The summed E-state index contributed by atoms with van der Waals surface area (Å²) >= 11 is 0. The molecule has 0 fully saturated rings. The lowest BCUT2D eigenvalue weighted by Crippen LogP contribution is -2.30. The molecule has 1 atom stereocenters. The van der Waals surface area contributed by atoms with Crippen LogP contribution in [0.4, 0.5) is 0 Å². The molecule has 6 nitrogen and oxygen atoms in total. The van der Waals surface area contributed by atoms with E-state index < -0.39 is 6.10 Å². The first-order valence-electron chi connectivity index (χ1n) is 28.6. The van der Waals surface area contributed by atoms with Gasteiger partial charge in [-0.25, -0.2) is 0 Å². The van der Waals surface area contributed by atoms with Gasteiger partial charge in [0.1, 0.15) is 13.2 Å². The van der Waals surface area contributed by atoms with Crippen molar-refractivity contribution in [1.29, 1.82) is 0 Å². The minimum atomic E-state index is -0.790. The minimum absolute atomic E-state index is 0.0859. The predicted octanol–water partition coefficient (Wildman–Crippen LogP) is 19.0. The smallest absolute Gasteiger partial charge is 0.306 e. The summed E-state index contributed by atoms with van der Waals surface area (Å²) in [6.07, 6.45) is 66.9. The third-order valence-electron chi connectivity index (χ3n) is 12.6. The van der Waals surface area contributed by atoms with Crippen LogP contribution in [0.3, 0.4) is 0 Å². The number of carbonyl (C=O) groups is 3. The third kappa shape index (κ3) is 52.3. The van der Waals surface area contributed by atoms with E-state index in [1.807, 2.05) is 0 Å². The van der Waals surface area contributed by atoms with E-state index in [4.69, 9.17) is 14.2 Å². The summed E-state index contributed by atoms with van der Waals surface area (Å²) in [4.78, 5) is 38.0. The Morgan fingerprint density at radius 3 is 0.924 bits per heavy atom. The van der Waals surface area contributed by atoms with E-state index >= 15 is 0 Å². The van der Waals surface area contributed by atoms with E-state index in [2.05, 4.69) is 69.4 Å². The summed E-state index contributed by atoms with van der Waals surface area (Å²) in [5.41, 5.74) is 0. The predicted molar refractivity (Wildman–Crippen MR) is 284 cm³/mol. The van der Waals surface area contributed by atoms with Crippen LogP contribution in [0.2, 0.25) is 0 Å². The van der Waals surface area contributed by atoms with Crippen molar-refractivity contribution in [3.05, 3.63) is 48.6 Å². The first kappa shape index (κ1) is 63.4. The van der Waals surface area contributed by atoms with Crippen LogP contribution in [0.25, 0.3) is 0 Å². The van der Waals surface area contributed by atoms with Gasteiger partial charge in [-0.2, -0.15) is 0 Å². The van der Waals surface area contributed by atoms with Crippen LogP contribution < -0.4 is 0 Å². The monoisotopic (exact) mass is 925 g/mol. The summed E-state index contributed by atoms with van der Waals surface area (Å²) in [6.45, 7) is 6.51. The first-order chi connectivity index (χ1) is 32.5. The van der Waals surface area contributed by atoms with Crippen molar-refractivity contribution >= 4 is 17.9 Å². The number of esters is 3. The largest absolute Gasteiger partial charge is 0.462 e. The topological polar surface area (TPSA) is 78.9 Å². The maximum absolute atomic E-state index is 12.8. The zero-order valence-corrected chi connectivity index (χ0v) is 44.0. The Morgan fingerprint density at radius 1 is 0.318 bits per heavy atom. The summed E-state index contributed by atoms with van der Waals surface area (Å²) < 4.78 is 16.8. The number of ether oxygens (including phenoxy) is 3. The molecule has 0 aliphatic carbocycles. The van der Waals surface area contributed by atoms with Gasteiger partial charge in [-0.3, -0.25) is 14.4 Å². The Bertz CT molecular complexity index is 1150. The normalized spacial score (nSPS) is 12.3. The van der Waals surface area contributed by atoms with E-state index in [0.717, 1.165) is 77.0 Å². The molecule has 0 spiro atoms. The lowest BCUT2D eigenvalue weighted by Gasteiger charge is -2.18. The van der Waals surface area contributed by atoms with Crippen molar-refractivity contribution in [2.45, 2.75) is 303 Å². The fraction of sp³-hybridized carbons (Fsp3) is 0.817. The first-order valence-corrected chi connectivity index (χ1v) is 28.6. The van der Waals surface area contributed by atoms with Gasteiger partial charge in [0.15, 0.2) is 6.10 Å². The molecule has 0 bridgehead atoms. The van der Waals surface area contributed by atoms with Gasteiger partial charge in [0.2, 0.25) is 0 Å². The lowest BCUT2D eigenvalue weighted by molar-refractivity contribution is -0.167. The van der Waals surface area contributed by atoms with Crippen LogP contribution in [0, 0.1) is 0 Å². The van der Waals surface area contributed by atoms with E-state index in [9.17, 15) is 14.4 Å². The number of allylic oxidation sites excluding steroid dienone is 8. The van der Waals surface area contributed by atoms with Crippen molar-refractivity contribution in [2.24, 2.45) is 0 Å². The third-order valence-corrected chi connectivity index (χ3v) is 12.6. The second-order valence-corrected chi connectivity index (χ2v) is 19.2. The van der Waals surface area contributed by atoms with Gasteiger partial charge in [0, 0.05) is 19.3 Å². The highest BCUT2D eigenvalue weighted by Gasteiger charge is 2.19. The standard InChI is InChI=1S/C60H108O6/c1-4-7-10-13-16-19-22-24-26-27-28-29-30-31-32-33-35-36-38-41-44-47-50-53-59(62)65-56-57(55-64-58(61)52-49-46-43-40-21-18-15-12-9-6-3)66-60(63)54-51-48-45-42-39-37-34-25-23-20-17-14-11-8-5-2/h8,11,17,20,25,34,39,42,57H,4-7,9-10,12-16,18-19,21-24,26-33,35-38,40-41,43-56H2,1-3H3/b11-8-,20-17-,34-25-,42-39-. The number of hydrogen-bond acceptors (Lipinski definition) is 6. The molecule has 0 aromatic rings. The highest BCUT2D eigenvalue weighted by Crippen LogP contribution is 2.17. The lowest BCUT2D eigenvalue weighted by atomic mass is 10.0. The van der Waals surface area contributed by atoms with Gasteiger partial charge in [-0.05, 0) is 57.8 Å². The van der Waals surface area contributed by atoms with E-state index in [0.29, 0.717) is 19.3 Å². The van der Waals surface area contributed by atoms with Crippen molar-refractivity contribution < 1.29 is 28.6 Å². The summed E-state index contributed by atoms with van der Waals surface area (Å²) in [5.74, 6) is -0.916. The molecule has 0 aromatic heterocycles. The number of unbranched alkanes of at least 4 members (excludes halogenated alkanes) is 33. The maximum Gasteiger partial charge on any atom is 0.306 e. The second-order valence-electron chi connectivity index (χ2n) is 19.2. The molecule has 0 aromatic carbocycles. The van der Waals surface area contributed by atoms with E-state index in [1.54, 1.807) is 0 Å².